The van der Waals surface area contributed by atoms with Crippen molar-refractivity contribution in [2.24, 2.45) is 5.92 Å². The number of hydrogen-bond acceptors (Lipinski definition) is 9. The highest BCUT2D eigenvalue weighted by Crippen LogP contribution is 2.36. The fourth-order valence-corrected chi connectivity index (χ4v) is 4.04. The van der Waals surface area contributed by atoms with Crippen LogP contribution in [-0.4, -0.2) is 73.9 Å². The number of methoxy groups -OCH3 is 2. The van der Waals surface area contributed by atoms with Crippen molar-refractivity contribution in [2.45, 2.75) is 18.9 Å². The van der Waals surface area contributed by atoms with Crippen LogP contribution in [0.4, 0.5) is 17.7 Å². The quantitative estimate of drug-likeness (QED) is 0.760. The summed E-state index contributed by atoms with van der Waals surface area (Å²) < 4.78 is 10.7. The van der Waals surface area contributed by atoms with E-state index in [0.717, 1.165) is 44.2 Å². The molecule has 0 N–H and O–H groups in total. The summed E-state index contributed by atoms with van der Waals surface area (Å²) in [4.78, 5) is 24.9. The number of anilines is 3. The topological polar surface area (TPSA) is 79.7 Å². The normalized spacial score (nSPS) is 21.4. The number of hydrogen-bond donors (Lipinski definition) is 0. The molecular weight excluding hydrogens is 358 g/mol. The van der Waals surface area contributed by atoms with E-state index in [9.17, 15) is 0 Å². The van der Waals surface area contributed by atoms with Crippen molar-refractivity contribution in [3.8, 4) is 11.8 Å². The summed E-state index contributed by atoms with van der Waals surface area (Å²) in [6, 6.07) is 3.94. The maximum absolute atomic E-state index is 5.33. The van der Waals surface area contributed by atoms with Gasteiger partial charge in [0.15, 0.2) is 0 Å². The Bertz CT molecular complexity index is 809. The molecule has 0 bridgehead atoms. The van der Waals surface area contributed by atoms with Crippen LogP contribution in [0.1, 0.15) is 12.8 Å². The molecule has 9 heteroatoms. The second-order valence-corrected chi connectivity index (χ2v) is 7.41. The van der Waals surface area contributed by atoms with Gasteiger partial charge >= 0.3 is 0 Å². The van der Waals surface area contributed by atoms with E-state index in [-0.39, 0.29) is 0 Å². The molecular formula is C19H27N7O2. The molecule has 0 aromatic carbocycles. The van der Waals surface area contributed by atoms with Crippen molar-refractivity contribution in [1.82, 2.24) is 19.9 Å². The highest BCUT2D eigenvalue weighted by atomic mass is 16.5. The van der Waals surface area contributed by atoms with Gasteiger partial charge in [0, 0.05) is 39.9 Å². The number of ether oxygens (including phenoxy) is 2. The minimum absolute atomic E-state index is 0.317. The van der Waals surface area contributed by atoms with Crippen LogP contribution < -0.4 is 24.2 Å². The van der Waals surface area contributed by atoms with Gasteiger partial charge in [-0.2, -0.15) is 15.0 Å². The van der Waals surface area contributed by atoms with Gasteiger partial charge in [-0.1, -0.05) is 0 Å². The maximum Gasteiger partial charge on any atom is 0.232 e. The minimum atomic E-state index is 0.317. The molecule has 2 saturated heterocycles. The van der Waals surface area contributed by atoms with Gasteiger partial charge in [-0.05, 0) is 24.8 Å². The molecule has 2 unspecified atom stereocenters. The number of rotatable bonds is 5. The Kier molecular flexibility index (Phi) is 5.06. The van der Waals surface area contributed by atoms with E-state index in [4.69, 9.17) is 14.5 Å². The van der Waals surface area contributed by atoms with Crippen molar-refractivity contribution < 1.29 is 9.47 Å². The van der Waals surface area contributed by atoms with Crippen molar-refractivity contribution >= 4 is 17.7 Å². The Labute approximate surface area is 165 Å². The lowest BCUT2D eigenvalue weighted by Gasteiger charge is -2.38. The fraction of sp³-hybridized carbons (Fsp3) is 0.579. The minimum Gasteiger partial charge on any atom is -0.481 e. The lowest BCUT2D eigenvalue weighted by Crippen LogP contribution is -2.49. The second-order valence-electron chi connectivity index (χ2n) is 7.41. The molecule has 150 valence electrons. The molecule has 28 heavy (non-hydrogen) atoms. The van der Waals surface area contributed by atoms with Crippen molar-refractivity contribution in [3.63, 3.8) is 0 Å². The molecule has 2 aliphatic rings. The summed E-state index contributed by atoms with van der Waals surface area (Å²) in [7, 11) is 7.20. The standard InChI is InChI=1S/C19H27N7O2/c1-24(2)15-5-8-20-18(21-15)25-9-6-13-7-10-26(14(13)12-25)19-22-16(27-3)11-17(23-19)28-4/h5,8,11,13-14H,6-7,9-10,12H2,1-4H3. The predicted octanol–water partition coefficient (Wildman–Crippen LogP) is 1.45. The highest BCUT2D eigenvalue weighted by molar-refractivity contribution is 5.45. The van der Waals surface area contributed by atoms with Crippen molar-refractivity contribution in [3.05, 3.63) is 18.3 Å². The predicted molar refractivity (Wildman–Crippen MR) is 108 cm³/mol. The maximum atomic E-state index is 5.33. The van der Waals surface area contributed by atoms with Crippen LogP contribution in [0.5, 0.6) is 11.8 Å². The first-order valence-electron chi connectivity index (χ1n) is 9.58. The largest absolute Gasteiger partial charge is 0.481 e. The molecule has 0 radical (unpaired) electrons. The molecule has 4 heterocycles. The molecule has 2 aromatic rings. The van der Waals surface area contributed by atoms with Gasteiger partial charge in [0.1, 0.15) is 5.82 Å². The van der Waals surface area contributed by atoms with Crippen LogP contribution >= 0.6 is 0 Å². The van der Waals surface area contributed by atoms with Crippen molar-refractivity contribution in [2.75, 3.05) is 62.6 Å². The summed E-state index contributed by atoms with van der Waals surface area (Å²) in [5.74, 6) is 4.00. The first-order valence-corrected chi connectivity index (χ1v) is 9.58. The number of aromatic nitrogens is 4. The molecule has 0 amide bonds. The van der Waals surface area contributed by atoms with Gasteiger partial charge in [0.05, 0.1) is 26.3 Å². The first kappa shape index (κ1) is 18.5. The Morgan fingerprint density at radius 3 is 2.39 bits per heavy atom. The number of nitrogens with zero attached hydrogens (tertiary/aromatic N) is 7. The zero-order valence-electron chi connectivity index (χ0n) is 16.9. The van der Waals surface area contributed by atoms with Gasteiger partial charge in [-0.25, -0.2) is 4.98 Å². The Hall–Kier alpha value is -2.84. The summed E-state index contributed by atoms with van der Waals surface area (Å²) >= 11 is 0. The molecule has 4 rings (SSSR count). The number of fused-ring (bicyclic) bond motifs is 1. The molecule has 9 nitrogen and oxygen atoms in total. The average molecular weight is 385 g/mol. The zero-order chi connectivity index (χ0) is 19.7. The van der Waals surface area contributed by atoms with E-state index >= 15 is 0 Å². The molecule has 2 fully saturated rings. The van der Waals surface area contributed by atoms with Gasteiger partial charge in [0.25, 0.3) is 0 Å². The molecule has 0 saturated carbocycles. The monoisotopic (exact) mass is 385 g/mol. The molecule has 0 spiro atoms. The summed E-state index contributed by atoms with van der Waals surface area (Å²) in [5, 5.41) is 0. The van der Waals surface area contributed by atoms with E-state index in [1.165, 1.54) is 0 Å². The zero-order valence-corrected chi connectivity index (χ0v) is 16.9. The Morgan fingerprint density at radius 1 is 1.00 bits per heavy atom. The van der Waals surface area contributed by atoms with E-state index < -0.39 is 0 Å². The lowest BCUT2D eigenvalue weighted by molar-refractivity contribution is 0.366. The second kappa shape index (κ2) is 7.65. The van der Waals surface area contributed by atoms with E-state index in [1.807, 2.05) is 31.3 Å². The highest BCUT2D eigenvalue weighted by Gasteiger charge is 2.40. The van der Waals surface area contributed by atoms with Crippen LogP contribution in [-0.2, 0) is 0 Å². The van der Waals surface area contributed by atoms with E-state index in [0.29, 0.717) is 29.7 Å². The summed E-state index contributed by atoms with van der Waals surface area (Å²) in [6.45, 7) is 2.75. The van der Waals surface area contributed by atoms with Gasteiger partial charge in [-0.3, -0.25) is 0 Å². The smallest absolute Gasteiger partial charge is 0.232 e. The lowest BCUT2D eigenvalue weighted by atomic mass is 9.92. The average Bonchev–Trinajstić information content (AvgIpc) is 3.16. The molecule has 0 aliphatic carbocycles. The Morgan fingerprint density at radius 2 is 1.71 bits per heavy atom. The van der Waals surface area contributed by atoms with Crippen LogP contribution in [0.3, 0.4) is 0 Å². The molecule has 2 atom stereocenters. The third kappa shape index (κ3) is 3.48. The summed E-state index contributed by atoms with van der Waals surface area (Å²) in [6.07, 6.45) is 4.07. The third-order valence-corrected chi connectivity index (χ3v) is 5.57. The van der Waals surface area contributed by atoms with Crippen LogP contribution in [0.15, 0.2) is 18.3 Å². The van der Waals surface area contributed by atoms with Crippen LogP contribution in [0, 0.1) is 5.92 Å². The molecule has 2 aliphatic heterocycles. The SMILES string of the molecule is COc1cc(OC)nc(N2CCC3CCN(c4nccc(N(C)C)n4)CC32)n1. The first-order chi connectivity index (χ1) is 13.6. The number of piperidine rings is 1. The van der Waals surface area contributed by atoms with Crippen molar-refractivity contribution in [1.29, 1.82) is 0 Å². The third-order valence-electron chi connectivity index (χ3n) is 5.57. The van der Waals surface area contributed by atoms with E-state index in [2.05, 4.69) is 24.8 Å². The summed E-state index contributed by atoms with van der Waals surface area (Å²) in [5.41, 5.74) is 0. The molecule has 2 aromatic heterocycles. The van der Waals surface area contributed by atoms with Gasteiger partial charge in [-0.15, -0.1) is 0 Å². The van der Waals surface area contributed by atoms with Gasteiger partial charge in [0.2, 0.25) is 23.7 Å². The van der Waals surface area contributed by atoms with E-state index in [1.54, 1.807) is 20.3 Å². The van der Waals surface area contributed by atoms with Crippen LogP contribution in [0.2, 0.25) is 0 Å². The van der Waals surface area contributed by atoms with Crippen LogP contribution in [0.25, 0.3) is 0 Å². The van der Waals surface area contributed by atoms with Gasteiger partial charge < -0.3 is 24.2 Å². The Balaban J connectivity index is 1.58. The fourth-order valence-electron chi connectivity index (χ4n) is 4.04.